The number of rotatable bonds is 4. The Morgan fingerprint density at radius 1 is 1.03 bits per heavy atom. The molecular formula is C27H28N4OS. The number of benzene rings is 1. The van der Waals surface area contributed by atoms with Crippen LogP contribution in [0.2, 0.25) is 0 Å². The molecule has 0 saturated heterocycles. The van der Waals surface area contributed by atoms with Gasteiger partial charge in [0.05, 0.1) is 29.9 Å². The standard InChI is InChI=1S/C27H28N4OS/c1-19-9-10-23(20(2)16-19)31-25(29-13-5-6-14-29)21-17-30(18-22(21)28-31)26(32)27(11-3-4-12-27)24-8-7-15-33-24/h5-10,13-16H,3-4,11-12,17-18H2,1-2H3. The summed E-state index contributed by atoms with van der Waals surface area (Å²) in [5, 5.41) is 7.15. The molecule has 5 nitrogen and oxygen atoms in total. The van der Waals surface area contributed by atoms with Crippen molar-refractivity contribution in [1.82, 2.24) is 19.2 Å². The summed E-state index contributed by atoms with van der Waals surface area (Å²) in [6, 6.07) is 14.8. The third-order valence-corrected chi connectivity index (χ3v) is 8.38. The highest BCUT2D eigenvalue weighted by Crippen LogP contribution is 2.46. The molecule has 1 aliphatic heterocycles. The van der Waals surface area contributed by atoms with E-state index in [1.54, 1.807) is 11.3 Å². The van der Waals surface area contributed by atoms with Crippen molar-refractivity contribution in [3.63, 3.8) is 0 Å². The summed E-state index contributed by atoms with van der Waals surface area (Å²) in [6.07, 6.45) is 8.27. The number of carbonyl (C=O) groups is 1. The fourth-order valence-corrected chi connectivity index (χ4v) is 6.67. The van der Waals surface area contributed by atoms with Gasteiger partial charge in [-0.2, -0.15) is 5.10 Å². The Labute approximate surface area is 198 Å². The minimum atomic E-state index is -0.352. The zero-order chi connectivity index (χ0) is 22.6. The van der Waals surface area contributed by atoms with E-state index < -0.39 is 0 Å². The van der Waals surface area contributed by atoms with Crippen LogP contribution in [0.25, 0.3) is 11.5 Å². The molecule has 6 heteroatoms. The molecule has 1 amide bonds. The van der Waals surface area contributed by atoms with Crippen molar-refractivity contribution in [1.29, 1.82) is 0 Å². The smallest absolute Gasteiger partial charge is 0.234 e. The van der Waals surface area contributed by atoms with Crippen molar-refractivity contribution in [2.24, 2.45) is 0 Å². The van der Waals surface area contributed by atoms with E-state index in [0.717, 1.165) is 48.4 Å². The maximum absolute atomic E-state index is 14.0. The molecule has 33 heavy (non-hydrogen) atoms. The van der Waals surface area contributed by atoms with Crippen molar-refractivity contribution in [2.45, 2.75) is 58.0 Å². The molecule has 0 spiro atoms. The van der Waals surface area contributed by atoms with Crippen molar-refractivity contribution in [3.8, 4) is 11.5 Å². The Kier molecular flexibility index (Phi) is 4.80. The SMILES string of the molecule is Cc1ccc(-n2nc3c(c2-n2cccc2)CN(C(=O)C2(c4cccs4)CCCC2)C3)c(C)c1. The van der Waals surface area contributed by atoms with Gasteiger partial charge in [-0.05, 0) is 61.9 Å². The van der Waals surface area contributed by atoms with Gasteiger partial charge in [-0.25, -0.2) is 4.68 Å². The molecule has 2 aliphatic rings. The van der Waals surface area contributed by atoms with Crippen LogP contribution in [0.15, 0.2) is 60.2 Å². The van der Waals surface area contributed by atoms with Gasteiger partial charge < -0.3 is 9.47 Å². The highest BCUT2D eigenvalue weighted by atomic mass is 32.1. The lowest BCUT2D eigenvalue weighted by atomic mass is 9.83. The first kappa shape index (κ1) is 20.5. The molecule has 3 aromatic heterocycles. The highest BCUT2D eigenvalue weighted by Gasteiger charge is 2.47. The summed E-state index contributed by atoms with van der Waals surface area (Å²) in [5.74, 6) is 1.31. The monoisotopic (exact) mass is 456 g/mol. The second-order valence-corrected chi connectivity index (χ2v) is 10.4. The van der Waals surface area contributed by atoms with E-state index in [2.05, 4.69) is 71.2 Å². The van der Waals surface area contributed by atoms with Crippen LogP contribution in [0, 0.1) is 13.8 Å². The van der Waals surface area contributed by atoms with Crippen molar-refractivity contribution >= 4 is 17.2 Å². The molecule has 0 radical (unpaired) electrons. The predicted molar refractivity (Wildman–Crippen MR) is 131 cm³/mol. The fraction of sp³-hybridized carbons (Fsp3) is 0.333. The largest absolute Gasteiger partial charge is 0.331 e. The zero-order valence-electron chi connectivity index (χ0n) is 19.1. The summed E-state index contributed by atoms with van der Waals surface area (Å²) in [7, 11) is 0. The number of fused-ring (bicyclic) bond motifs is 1. The maximum atomic E-state index is 14.0. The normalized spacial score (nSPS) is 17.0. The zero-order valence-corrected chi connectivity index (χ0v) is 19.9. The molecular weight excluding hydrogens is 428 g/mol. The number of nitrogens with zero attached hydrogens (tertiary/aromatic N) is 4. The number of amides is 1. The number of thiophene rings is 1. The molecule has 0 N–H and O–H groups in total. The van der Waals surface area contributed by atoms with Crippen molar-refractivity contribution in [3.05, 3.63) is 87.5 Å². The Balaban J connectivity index is 1.40. The van der Waals surface area contributed by atoms with Crippen LogP contribution in [0.1, 0.15) is 52.9 Å². The summed E-state index contributed by atoms with van der Waals surface area (Å²) < 4.78 is 4.19. The van der Waals surface area contributed by atoms with Gasteiger partial charge in [0, 0.05) is 22.8 Å². The topological polar surface area (TPSA) is 43.1 Å². The first-order valence-electron chi connectivity index (χ1n) is 11.7. The number of carbonyl (C=O) groups excluding carboxylic acids is 1. The molecule has 1 aliphatic carbocycles. The third-order valence-electron chi connectivity index (χ3n) is 7.31. The molecule has 1 saturated carbocycles. The van der Waals surface area contributed by atoms with Gasteiger partial charge in [0.25, 0.3) is 0 Å². The van der Waals surface area contributed by atoms with Crippen LogP contribution in [0.5, 0.6) is 0 Å². The van der Waals surface area contributed by atoms with Gasteiger partial charge in [-0.3, -0.25) is 4.79 Å². The number of hydrogen-bond acceptors (Lipinski definition) is 3. The quantitative estimate of drug-likeness (QED) is 0.396. The first-order valence-corrected chi connectivity index (χ1v) is 12.6. The number of hydrogen-bond donors (Lipinski definition) is 0. The maximum Gasteiger partial charge on any atom is 0.234 e. The fourth-order valence-electron chi connectivity index (χ4n) is 5.70. The van der Waals surface area contributed by atoms with Gasteiger partial charge in [0.2, 0.25) is 5.91 Å². The number of aryl methyl sites for hydroxylation is 2. The van der Waals surface area contributed by atoms with Crippen LogP contribution in [-0.4, -0.2) is 25.2 Å². The second-order valence-electron chi connectivity index (χ2n) is 9.47. The Bertz CT molecular complexity index is 1310. The van der Waals surface area contributed by atoms with E-state index >= 15 is 0 Å². The minimum absolute atomic E-state index is 0.275. The summed E-state index contributed by atoms with van der Waals surface area (Å²) in [5.41, 5.74) is 5.33. The first-order chi connectivity index (χ1) is 16.1. The van der Waals surface area contributed by atoms with E-state index in [1.807, 2.05) is 17.0 Å². The lowest BCUT2D eigenvalue weighted by Gasteiger charge is -2.31. The summed E-state index contributed by atoms with van der Waals surface area (Å²) in [6.45, 7) is 5.44. The van der Waals surface area contributed by atoms with Crippen LogP contribution < -0.4 is 0 Å². The van der Waals surface area contributed by atoms with Gasteiger partial charge in [-0.1, -0.05) is 36.6 Å². The van der Waals surface area contributed by atoms with Crippen LogP contribution in [0.3, 0.4) is 0 Å². The lowest BCUT2D eigenvalue weighted by Crippen LogP contribution is -2.42. The lowest BCUT2D eigenvalue weighted by molar-refractivity contribution is -0.138. The average molecular weight is 457 g/mol. The average Bonchev–Trinajstić information content (AvgIpc) is 3.61. The second kappa shape index (κ2) is 7.73. The molecule has 4 heterocycles. The Hall–Kier alpha value is -3.12. The van der Waals surface area contributed by atoms with Gasteiger partial charge in [0.1, 0.15) is 5.82 Å². The van der Waals surface area contributed by atoms with Crippen LogP contribution >= 0.6 is 11.3 Å². The molecule has 0 bridgehead atoms. The minimum Gasteiger partial charge on any atom is -0.331 e. The van der Waals surface area contributed by atoms with E-state index in [-0.39, 0.29) is 11.3 Å². The summed E-state index contributed by atoms with van der Waals surface area (Å²) >= 11 is 1.72. The molecule has 1 aromatic carbocycles. The molecule has 4 aromatic rings. The molecule has 0 unspecified atom stereocenters. The summed E-state index contributed by atoms with van der Waals surface area (Å²) in [4.78, 5) is 17.2. The molecule has 168 valence electrons. The predicted octanol–water partition coefficient (Wildman–Crippen LogP) is 5.70. The van der Waals surface area contributed by atoms with Crippen molar-refractivity contribution < 1.29 is 4.79 Å². The van der Waals surface area contributed by atoms with Crippen LogP contribution in [0.4, 0.5) is 0 Å². The van der Waals surface area contributed by atoms with E-state index in [1.165, 1.54) is 16.0 Å². The molecule has 0 atom stereocenters. The van der Waals surface area contributed by atoms with E-state index in [4.69, 9.17) is 5.10 Å². The van der Waals surface area contributed by atoms with Crippen molar-refractivity contribution in [2.75, 3.05) is 0 Å². The molecule has 6 rings (SSSR count). The van der Waals surface area contributed by atoms with Gasteiger partial charge >= 0.3 is 0 Å². The van der Waals surface area contributed by atoms with E-state index in [0.29, 0.717) is 13.1 Å². The van der Waals surface area contributed by atoms with Crippen LogP contribution in [-0.2, 0) is 23.3 Å². The van der Waals surface area contributed by atoms with Gasteiger partial charge in [-0.15, -0.1) is 11.3 Å². The third kappa shape index (κ3) is 3.19. The Morgan fingerprint density at radius 2 is 1.82 bits per heavy atom. The highest BCUT2D eigenvalue weighted by molar-refractivity contribution is 7.10. The molecule has 1 fully saturated rings. The number of aromatic nitrogens is 3. The van der Waals surface area contributed by atoms with E-state index in [9.17, 15) is 4.79 Å². The van der Waals surface area contributed by atoms with Gasteiger partial charge in [0.15, 0.2) is 0 Å². The Morgan fingerprint density at radius 3 is 2.52 bits per heavy atom.